The number of sulfonamides is 1. The average molecular weight is 398 g/mol. The minimum atomic E-state index is -4.00. The largest absolute Gasteiger partial charge is 0.495 e. The summed E-state index contributed by atoms with van der Waals surface area (Å²) in [6.45, 7) is 1.83. The Hall–Kier alpha value is -2.65. The summed E-state index contributed by atoms with van der Waals surface area (Å²) >= 11 is 6.07. The molecule has 3 aromatic rings. The topological polar surface area (TPSA) is 106 Å². The SMILES string of the molecule is COc1cc(OC)c(NS(=O)(=O)c2ccc(-c3cc(C)[nH]n3)o2)cc1Cl. The standard InChI is InChI=1S/C16H16ClN3O5S/c1-9-6-11(19-18-9)13-4-5-16(25-13)26(21,22)20-12-7-10(17)14(23-2)8-15(12)24-3/h4-8,20H,1-3H3,(H,18,19). The fourth-order valence-corrected chi connectivity index (χ4v) is 3.52. The van der Waals surface area contributed by atoms with Gasteiger partial charge in [-0.15, -0.1) is 0 Å². The molecule has 0 amide bonds. The van der Waals surface area contributed by atoms with E-state index in [4.69, 9.17) is 25.5 Å². The van der Waals surface area contributed by atoms with E-state index in [1.54, 1.807) is 6.07 Å². The number of furan rings is 1. The van der Waals surface area contributed by atoms with E-state index in [0.717, 1.165) is 5.69 Å². The van der Waals surface area contributed by atoms with Gasteiger partial charge in [0.15, 0.2) is 5.76 Å². The summed E-state index contributed by atoms with van der Waals surface area (Å²) in [7, 11) is -1.14. The summed E-state index contributed by atoms with van der Waals surface area (Å²) in [5.74, 6) is 0.944. The van der Waals surface area contributed by atoms with Gasteiger partial charge in [0.25, 0.3) is 10.0 Å². The first-order valence-corrected chi connectivity index (χ1v) is 9.26. The Morgan fingerprint density at radius 1 is 1.15 bits per heavy atom. The first-order chi connectivity index (χ1) is 12.3. The molecule has 26 heavy (non-hydrogen) atoms. The van der Waals surface area contributed by atoms with Crippen molar-refractivity contribution < 1.29 is 22.3 Å². The van der Waals surface area contributed by atoms with Crippen molar-refractivity contribution in [2.45, 2.75) is 12.0 Å². The van der Waals surface area contributed by atoms with E-state index >= 15 is 0 Å². The van der Waals surface area contributed by atoms with Gasteiger partial charge in [0, 0.05) is 11.8 Å². The first-order valence-electron chi connectivity index (χ1n) is 7.40. The molecule has 0 bridgehead atoms. The van der Waals surface area contributed by atoms with Crippen LogP contribution in [-0.2, 0) is 10.0 Å². The molecule has 138 valence electrons. The summed E-state index contributed by atoms with van der Waals surface area (Å²) in [6, 6.07) is 7.51. The molecule has 8 nitrogen and oxygen atoms in total. The molecular formula is C16H16ClN3O5S. The number of ether oxygens (including phenoxy) is 2. The zero-order valence-corrected chi connectivity index (χ0v) is 15.7. The molecule has 0 atom stereocenters. The molecule has 0 spiro atoms. The lowest BCUT2D eigenvalue weighted by atomic mass is 10.3. The number of hydrogen-bond donors (Lipinski definition) is 2. The Morgan fingerprint density at radius 2 is 1.88 bits per heavy atom. The van der Waals surface area contributed by atoms with Gasteiger partial charge in [-0.3, -0.25) is 9.82 Å². The van der Waals surface area contributed by atoms with Gasteiger partial charge < -0.3 is 13.9 Å². The molecule has 3 rings (SSSR count). The van der Waals surface area contributed by atoms with Crippen LogP contribution < -0.4 is 14.2 Å². The summed E-state index contributed by atoms with van der Waals surface area (Å²) in [4.78, 5) is 0. The van der Waals surface area contributed by atoms with Crippen LogP contribution in [0.2, 0.25) is 5.02 Å². The quantitative estimate of drug-likeness (QED) is 0.659. The number of nitrogens with zero attached hydrogens (tertiary/aromatic N) is 1. The Balaban J connectivity index is 1.92. The van der Waals surface area contributed by atoms with Crippen molar-refractivity contribution in [1.82, 2.24) is 10.2 Å². The minimum Gasteiger partial charge on any atom is -0.495 e. The zero-order chi connectivity index (χ0) is 18.9. The molecule has 0 fully saturated rings. The molecule has 0 saturated heterocycles. The van der Waals surface area contributed by atoms with Gasteiger partial charge in [-0.25, -0.2) is 0 Å². The highest BCUT2D eigenvalue weighted by Crippen LogP contribution is 2.37. The molecule has 1 aromatic carbocycles. The number of nitrogens with one attached hydrogen (secondary N) is 2. The van der Waals surface area contributed by atoms with Gasteiger partial charge in [-0.2, -0.15) is 13.5 Å². The van der Waals surface area contributed by atoms with Crippen LogP contribution in [0.15, 0.2) is 39.8 Å². The van der Waals surface area contributed by atoms with Crippen molar-refractivity contribution >= 4 is 27.3 Å². The van der Waals surface area contributed by atoms with Crippen LogP contribution in [0.4, 0.5) is 5.69 Å². The van der Waals surface area contributed by atoms with Gasteiger partial charge in [-0.1, -0.05) is 11.6 Å². The van der Waals surface area contributed by atoms with Crippen molar-refractivity contribution in [3.63, 3.8) is 0 Å². The minimum absolute atomic E-state index is 0.159. The van der Waals surface area contributed by atoms with Gasteiger partial charge >= 0.3 is 0 Å². The Morgan fingerprint density at radius 3 is 2.50 bits per heavy atom. The number of H-pyrrole nitrogens is 1. The lowest BCUT2D eigenvalue weighted by Crippen LogP contribution is -2.13. The van der Waals surface area contributed by atoms with Crippen LogP contribution in [0.5, 0.6) is 11.5 Å². The third-order valence-electron chi connectivity index (χ3n) is 3.52. The van der Waals surface area contributed by atoms with E-state index in [1.807, 2.05) is 6.92 Å². The van der Waals surface area contributed by atoms with Crippen LogP contribution in [0.25, 0.3) is 11.5 Å². The molecule has 0 aliphatic heterocycles. The third-order valence-corrected chi connectivity index (χ3v) is 5.06. The van der Waals surface area contributed by atoms with Crippen LogP contribution >= 0.6 is 11.6 Å². The van der Waals surface area contributed by atoms with Crippen molar-refractivity contribution in [2.24, 2.45) is 0 Å². The smallest absolute Gasteiger partial charge is 0.295 e. The number of anilines is 1. The Bertz CT molecular complexity index is 1040. The summed E-state index contributed by atoms with van der Waals surface area (Å²) < 4.78 is 43.4. The molecule has 0 aliphatic carbocycles. The number of hydrogen-bond acceptors (Lipinski definition) is 6. The molecule has 10 heteroatoms. The molecule has 0 saturated carbocycles. The monoisotopic (exact) mass is 397 g/mol. The second-order valence-electron chi connectivity index (χ2n) is 5.35. The van der Waals surface area contributed by atoms with Crippen LogP contribution in [0.3, 0.4) is 0 Å². The lowest BCUT2D eigenvalue weighted by molar-refractivity contribution is 0.395. The van der Waals surface area contributed by atoms with Gasteiger partial charge in [-0.05, 0) is 31.2 Å². The van der Waals surface area contributed by atoms with E-state index in [9.17, 15) is 8.42 Å². The molecular weight excluding hydrogens is 382 g/mol. The molecule has 2 heterocycles. The van der Waals surface area contributed by atoms with Crippen molar-refractivity contribution in [2.75, 3.05) is 18.9 Å². The number of rotatable bonds is 6. The Kier molecular flexibility index (Phi) is 4.84. The number of halogens is 1. The van der Waals surface area contributed by atoms with Crippen molar-refractivity contribution in [3.05, 3.63) is 41.0 Å². The maximum Gasteiger partial charge on any atom is 0.295 e. The molecule has 0 unspecified atom stereocenters. The highest BCUT2D eigenvalue weighted by Gasteiger charge is 2.23. The molecule has 0 radical (unpaired) electrons. The van der Waals surface area contributed by atoms with Crippen molar-refractivity contribution in [1.29, 1.82) is 0 Å². The number of aryl methyl sites for hydroxylation is 1. The van der Waals surface area contributed by atoms with Gasteiger partial charge in [0.2, 0.25) is 5.09 Å². The highest BCUT2D eigenvalue weighted by molar-refractivity contribution is 7.92. The van der Waals surface area contributed by atoms with E-state index in [-0.39, 0.29) is 21.6 Å². The van der Waals surface area contributed by atoms with Crippen LogP contribution in [-0.4, -0.2) is 32.8 Å². The molecule has 0 aliphatic rings. The van der Waals surface area contributed by atoms with Crippen LogP contribution in [0.1, 0.15) is 5.69 Å². The van der Waals surface area contributed by atoms with E-state index in [2.05, 4.69) is 14.9 Å². The second-order valence-corrected chi connectivity index (χ2v) is 7.37. The van der Waals surface area contributed by atoms with E-state index in [0.29, 0.717) is 17.2 Å². The maximum atomic E-state index is 12.6. The summed E-state index contributed by atoms with van der Waals surface area (Å²) in [6.07, 6.45) is 0. The Labute approximate surface area is 155 Å². The normalized spacial score (nSPS) is 11.4. The second kappa shape index (κ2) is 6.93. The number of benzene rings is 1. The fraction of sp³-hybridized carbons (Fsp3) is 0.188. The maximum absolute atomic E-state index is 12.6. The number of aromatic amines is 1. The zero-order valence-electron chi connectivity index (χ0n) is 14.2. The molecule has 2 N–H and O–H groups in total. The molecule has 2 aromatic heterocycles. The van der Waals surface area contributed by atoms with E-state index < -0.39 is 10.0 Å². The van der Waals surface area contributed by atoms with E-state index in [1.165, 1.54) is 38.5 Å². The third kappa shape index (κ3) is 3.49. The lowest BCUT2D eigenvalue weighted by Gasteiger charge is -2.13. The summed E-state index contributed by atoms with van der Waals surface area (Å²) in [5.41, 5.74) is 1.50. The predicted molar refractivity (Wildman–Crippen MR) is 96.4 cm³/mol. The first kappa shape index (κ1) is 18.2. The van der Waals surface area contributed by atoms with Crippen molar-refractivity contribution in [3.8, 4) is 23.0 Å². The highest BCUT2D eigenvalue weighted by atomic mass is 35.5. The number of methoxy groups -OCH3 is 2. The fourth-order valence-electron chi connectivity index (χ4n) is 2.28. The summed E-state index contributed by atoms with van der Waals surface area (Å²) in [5, 5.41) is 6.78. The average Bonchev–Trinajstić information content (AvgIpc) is 3.24. The van der Waals surface area contributed by atoms with Gasteiger partial charge in [0.05, 0.1) is 24.9 Å². The predicted octanol–water partition coefficient (Wildman–Crippen LogP) is 3.45. The number of aromatic nitrogens is 2. The van der Waals surface area contributed by atoms with Crippen LogP contribution in [0, 0.1) is 6.92 Å². The van der Waals surface area contributed by atoms with Gasteiger partial charge in [0.1, 0.15) is 17.2 Å².